The zero-order valence-electron chi connectivity index (χ0n) is 13.0. The van der Waals surface area contributed by atoms with Crippen molar-refractivity contribution in [2.75, 3.05) is 13.2 Å². The lowest BCUT2D eigenvalue weighted by Crippen LogP contribution is -2.28. The van der Waals surface area contributed by atoms with Gasteiger partial charge in [0.25, 0.3) is 5.56 Å². The van der Waals surface area contributed by atoms with Crippen LogP contribution in [-0.2, 0) is 11.3 Å². The van der Waals surface area contributed by atoms with Crippen LogP contribution in [0.2, 0.25) is 0 Å². The average molecular weight is 358 g/mol. The van der Waals surface area contributed by atoms with Crippen molar-refractivity contribution in [3.05, 3.63) is 62.7 Å². The molecule has 8 heteroatoms. The molecule has 128 valence electrons. The number of aromatic nitrogens is 2. The lowest BCUT2D eigenvalue weighted by atomic mass is 10.1. The maximum absolute atomic E-state index is 12.4. The maximum Gasteiger partial charge on any atom is 0.359 e. The van der Waals surface area contributed by atoms with Crippen molar-refractivity contribution in [3.63, 3.8) is 0 Å². The lowest BCUT2D eigenvalue weighted by Gasteiger charge is -2.09. The number of aliphatic hydroxyl groups excluding tert-OH is 1. The SMILES string of the molecule is O=C(COC(=O)c1nn(CCO)c(=O)c2ccccc12)c1cccs1. The first-order valence-electron chi connectivity index (χ1n) is 7.46. The van der Waals surface area contributed by atoms with Gasteiger partial charge >= 0.3 is 5.97 Å². The first-order chi connectivity index (χ1) is 12.1. The number of esters is 1. The zero-order chi connectivity index (χ0) is 17.8. The molecular weight excluding hydrogens is 344 g/mol. The highest BCUT2D eigenvalue weighted by Gasteiger charge is 2.19. The molecule has 0 aliphatic rings. The first kappa shape index (κ1) is 17.0. The van der Waals surface area contributed by atoms with E-state index in [1.54, 1.807) is 41.8 Å². The molecule has 3 aromatic rings. The van der Waals surface area contributed by atoms with Gasteiger partial charge in [-0.25, -0.2) is 9.48 Å². The van der Waals surface area contributed by atoms with E-state index in [4.69, 9.17) is 9.84 Å². The van der Waals surface area contributed by atoms with E-state index in [9.17, 15) is 14.4 Å². The molecule has 0 spiro atoms. The highest BCUT2D eigenvalue weighted by atomic mass is 32.1. The molecule has 2 heterocycles. The normalized spacial score (nSPS) is 10.8. The summed E-state index contributed by atoms with van der Waals surface area (Å²) in [6, 6.07) is 9.89. The van der Waals surface area contributed by atoms with Crippen LogP contribution in [0.5, 0.6) is 0 Å². The van der Waals surface area contributed by atoms with Gasteiger partial charge in [-0.2, -0.15) is 5.10 Å². The number of aliphatic hydroxyl groups is 1. The number of fused-ring (bicyclic) bond motifs is 1. The van der Waals surface area contributed by atoms with Gasteiger partial charge in [-0.05, 0) is 17.5 Å². The summed E-state index contributed by atoms with van der Waals surface area (Å²) in [5, 5.41) is 15.5. The van der Waals surface area contributed by atoms with Crippen LogP contribution < -0.4 is 5.56 Å². The van der Waals surface area contributed by atoms with Gasteiger partial charge in [0.2, 0.25) is 5.78 Å². The number of ketones is 1. The molecule has 1 N–H and O–H groups in total. The summed E-state index contributed by atoms with van der Waals surface area (Å²) in [6.07, 6.45) is 0. The Morgan fingerprint density at radius 3 is 2.60 bits per heavy atom. The van der Waals surface area contributed by atoms with Crippen molar-refractivity contribution in [2.24, 2.45) is 0 Å². The van der Waals surface area contributed by atoms with Crippen LogP contribution in [0.15, 0.2) is 46.6 Å². The third-order valence-electron chi connectivity index (χ3n) is 3.50. The standard InChI is InChI=1S/C17H14N2O5S/c20-8-7-19-16(22)12-5-2-1-4-11(12)15(18-19)17(23)24-10-13(21)14-6-3-9-25-14/h1-6,9,20H,7-8,10H2. The number of Topliss-reactive ketones (excluding diaryl/α,β-unsaturated/α-hetero) is 1. The van der Waals surface area contributed by atoms with Gasteiger partial charge < -0.3 is 9.84 Å². The lowest BCUT2D eigenvalue weighted by molar-refractivity contribution is 0.0469. The van der Waals surface area contributed by atoms with Crippen molar-refractivity contribution in [2.45, 2.75) is 6.54 Å². The van der Waals surface area contributed by atoms with Crippen molar-refractivity contribution < 1.29 is 19.4 Å². The van der Waals surface area contributed by atoms with Gasteiger partial charge in [-0.1, -0.05) is 24.3 Å². The summed E-state index contributed by atoms with van der Waals surface area (Å²) >= 11 is 1.26. The number of carbonyl (C=O) groups is 2. The number of nitrogens with zero attached hydrogens (tertiary/aromatic N) is 2. The largest absolute Gasteiger partial charge is 0.452 e. The van der Waals surface area contributed by atoms with Crippen molar-refractivity contribution in [1.29, 1.82) is 0 Å². The molecule has 0 unspecified atom stereocenters. The number of ether oxygens (including phenoxy) is 1. The van der Waals surface area contributed by atoms with Crippen LogP contribution in [0.25, 0.3) is 10.8 Å². The molecule has 0 aliphatic carbocycles. The van der Waals surface area contributed by atoms with E-state index in [0.29, 0.717) is 15.6 Å². The summed E-state index contributed by atoms with van der Waals surface area (Å²) in [5.74, 6) is -1.11. The molecule has 2 aromatic heterocycles. The van der Waals surface area contributed by atoms with Crippen LogP contribution in [-0.4, -0.2) is 39.9 Å². The van der Waals surface area contributed by atoms with Gasteiger partial charge in [0.1, 0.15) is 0 Å². The van der Waals surface area contributed by atoms with E-state index in [1.807, 2.05) is 0 Å². The predicted octanol–water partition coefficient (Wildman–Crippen LogP) is 1.49. The van der Waals surface area contributed by atoms with E-state index in [-0.39, 0.29) is 24.6 Å². The summed E-state index contributed by atoms with van der Waals surface area (Å²) in [6.45, 7) is -0.747. The van der Waals surface area contributed by atoms with Crippen molar-refractivity contribution >= 4 is 33.9 Å². The number of thiophene rings is 1. The molecule has 3 rings (SSSR count). The molecule has 0 aliphatic heterocycles. The van der Waals surface area contributed by atoms with Crippen LogP contribution in [0.1, 0.15) is 20.2 Å². The van der Waals surface area contributed by atoms with E-state index in [0.717, 1.165) is 4.68 Å². The van der Waals surface area contributed by atoms with Gasteiger partial charge in [0, 0.05) is 5.39 Å². The quantitative estimate of drug-likeness (QED) is 0.529. The monoisotopic (exact) mass is 358 g/mol. The maximum atomic E-state index is 12.4. The summed E-state index contributed by atoms with van der Waals surface area (Å²) < 4.78 is 6.09. The third kappa shape index (κ3) is 3.49. The Balaban J connectivity index is 1.91. The van der Waals surface area contributed by atoms with E-state index in [1.165, 1.54) is 11.3 Å². The molecule has 0 saturated heterocycles. The van der Waals surface area contributed by atoms with Crippen molar-refractivity contribution in [3.8, 4) is 0 Å². The fourth-order valence-corrected chi connectivity index (χ4v) is 2.99. The fraction of sp³-hybridized carbons (Fsp3) is 0.176. The zero-order valence-corrected chi connectivity index (χ0v) is 13.9. The number of hydrogen-bond acceptors (Lipinski definition) is 7. The predicted molar refractivity (Wildman–Crippen MR) is 92.0 cm³/mol. The smallest absolute Gasteiger partial charge is 0.359 e. The van der Waals surface area contributed by atoms with Gasteiger partial charge in [0.15, 0.2) is 12.3 Å². The number of benzene rings is 1. The summed E-state index contributed by atoms with van der Waals surface area (Å²) in [5.41, 5.74) is -0.474. The average Bonchev–Trinajstić information content (AvgIpc) is 3.17. The minimum absolute atomic E-state index is 0.0436. The minimum atomic E-state index is -0.798. The Labute approximate surface area is 146 Å². The van der Waals surface area contributed by atoms with Crippen LogP contribution in [0.4, 0.5) is 0 Å². The van der Waals surface area contributed by atoms with E-state index >= 15 is 0 Å². The highest BCUT2D eigenvalue weighted by molar-refractivity contribution is 7.12. The van der Waals surface area contributed by atoms with Crippen LogP contribution in [0, 0.1) is 0 Å². The first-order valence-corrected chi connectivity index (χ1v) is 8.34. The van der Waals surface area contributed by atoms with Gasteiger partial charge in [0.05, 0.1) is 23.4 Å². The molecule has 25 heavy (non-hydrogen) atoms. The molecule has 0 saturated carbocycles. The molecule has 0 atom stereocenters. The molecule has 7 nitrogen and oxygen atoms in total. The molecular formula is C17H14N2O5S. The minimum Gasteiger partial charge on any atom is -0.452 e. The van der Waals surface area contributed by atoms with Crippen LogP contribution >= 0.6 is 11.3 Å². The molecule has 0 bridgehead atoms. The molecule has 1 aromatic carbocycles. The summed E-state index contributed by atoms with van der Waals surface area (Å²) in [4.78, 5) is 37.1. The Morgan fingerprint density at radius 2 is 1.92 bits per heavy atom. The molecule has 0 fully saturated rings. The Bertz CT molecular complexity index is 978. The molecule has 0 radical (unpaired) electrons. The van der Waals surface area contributed by atoms with E-state index < -0.39 is 18.1 Å². The van der Waals surface area contributed by atoms with Crippen LogP contribution in [0.3, 0.4) is 0 Å². The van der Waals surface area contributed by atoms with Gasteiger partial charge in [-0.3, -0.25) is 9.59 Å². The second-order valence-electron chi connectivity index (χ2n) is 5.12. The second kappa shape index (κ2) is 7.37. The van der Waals surface area contributed by atoms with E-state index in [2.05, 4.69) is 5.10 Å². The highest BCUT2D eigenvalue weighted by Crippen LogP contribution is 2.15. The Kier molecular flexibility index (Phi) is 5.01. The summed E-state index contributed by atoms with van der Waals surface area (Å²) in [7, 11) is 0. The fourth-order valence-electron chi connectivity index (χ4n) is 2.34. The Morgan fingerprint density at radius 1 is 1.16 bits per heavy atom. The molecule has 0 amide bonds. The topological polar surface area (TPSA) is 98.5 Å². The number of carbonyl (C=O) groups excluding carboxylic acids is 2. The number of rotatable bonds is 6. The Hall–Kier alpha value is -2.84. The third-order valence-corrected chi connectivity index (χ3v) is 4.41. The second-order valence-corrected chi connectivity index (χ2v) is 6.07. The van der Waals surface area contributed by atoms with Crippen molar-refractivity contribution in [1.82, 2.24) is 9.78 Å². The van der Waals surface area contributed by atoms with Gasteiger partial charge in [-0.15, -0.1) is 11.3 Å². The number of hydrogen-bond donors (Lipinski definition) is 1.